The molecule has 0 N–H and O–H groups in total. The molecule has 0 radical (unpaired) electrons. The second-order valence-electron chi connectivity index (χ2n) is 3.85. The van der Waals surface area contributed by atoms with Gasteiger partial charge in [-0.2, -0.15) is 0 Å². The van der Waals surface area contributed by atoms with Crippen LogP contribution in [-0.4, -0.2) is 12.6 Å². The molecule has 0 saturated carbocycles. The maximum absolute atomic E-state index is 11.2. The molecule has 0 unspecified atom stereocenters. The fourth-order valence-corrected chi connectivity index (χ4v) is 2.02. The molecule has 1 rings (SSSR count). The first-order valence-electron chi connectivity index (χ1n) is 5.64. The number of carbonyl (C=O) groups is 1. The predicted octanol–water partition coefficient (Wildman–Crippen LogP) is 4.19. The van der Waals surface area contributed by atoms with E-state index in [0.717, 1.165) is 24.0 Å². The van der Waals surface area contributed by atoms with E-state index in [4.69, 9.17) is 27.9 Å². The highest BCUT2D eigenvalue weighted by molar-refractivity contribution is 6.42. The van der Waals surface area contributed by atoms with Gasteiger partial charge < -0.3 is 4.74 Å². The molecule has 0 spiro atoms. The van der Waals surface area contributed by atoms with Crippen molar-refractivity contribution in [2.24, 2.45) is 0 Å². The summed E-state index contributed by atoms with van der Waals surface area (Å²) in [4.78, 5) is 11.2. The largest absolute Gasteiger partial charge is 0.466 e. The molecule has 94 valence electrons. The van der Waals surface area contributed by atoms with Gasteiger partial charge >= 0.3 is 5.97 Å². The van der Waals surface area contributed by atoms with Gasteiger partial charge in [-0.25, -0.2) is 0 Å². The van der Waals surface area contributed by atoms with E-state index >= 15 is 0 Å². The highest BCUT2D eigenvalue weighted by Crippen LogP contribution is 2.26. The van der Waals surface area contributed by atoms with Crippen molar-refractivity contribution in [2.75, 3.05) is 6.61 Å². The van der Waals surface area contributed by atoms with Gasteiger partial charge in [0.1, 0.15) is 0 Å². The summed E-state index contributed by atoms with van der Waals surface area (Å²) in [6.45, 7) is 4.23. The lowest BCUT2D eigenvalue weighted by atomic mass is 10.0. The number of hydrogen-bond donors (Lipinski definition) is 0. The molecule has 0 aliphatic rings. The van der Waals surface area contributed by atoms with E-state index in [9.17, 15) is 4.79 Å². The van der Waals surface area contributed by atoms with Gasteiger partial charge in [0, 0.05) is 6.42 Å². The van der Waals surface area contributed by atoms with E-state index in [0.29, 0.717) is 23.1 Å². The molecule has 1 aromatic carbocycles. The summed E-state index contributed by atoms with van der Waals surface area (Å²) in [5.74, 6) is -0.148. The number of aryl methyl sites for hydroxylation is 2. The Kier molecular flexibility index (Phi) is 5.79. The van der Waals surface area contributed by atoms with Crippen molar-refractivity contribution in [3.8, 4) is 0 Å². The first-order chi connectivity index (χ1) is 8.04. The summed E-state index contributed by atoms with van der Waals surface area (Å²) in [5, 5.41) is 1.13. The number of carbonyl (C=O) groups excluding carboxylic acids is 1. The smallest absolute Gasteiger partial charge is 0.305 e. The lowest BCUT2D eigenvalue weighted by Gasteiger charge is -2.07. The number of rotatable bonds is 5. The van der Waals surface area contributed by atoms with Crippen molar-refractivity contribution in [1.29, 1.82) is 0 Å². The van der Waals surface area contributed by atoms with Crippen molar-refractivity contribution >= 4 is 29.2 Å². The molecule has 1 aromatic rings. The minimum absolute atomic E-state index is 0.148. The summed E-state index contributed by atoms with van der Waals surface area (Å²) in [5.41, 5.74) is 2.23. The Morgan fingerprint density at radius 1 is 1.29 bits per heavy atom. The van der Waals surface area contributed by atoms with E-state index in [-0.39, 0.29) is 5.97 Å². The minimum atomic E-state index is -0.148. The van der Waals surface area contributed by atoms with Crippen LogP contribution in [0.3, 0.4) is 0 Å². The Bertz CT molecular complexity index is 403. The van der Waals surface area contributed by atoms with Crippen LogP contribution in [0.2, 0.25) is 10.0 Å². The molecule has 0 aliphatic carbocycles. The standard InChI is InChI=1S/C13H16Cl2O2/c1-3-17-13(16)6-4-5-10-8-12(15)11(14)7-9(10)2/h7-8H,3-6H2,1-2H3. The number of halogens is 2. The highest BCUT2D eigenvalue weighted by Gasteiger charge is 2.06. The van der Waals surface area contributed by atoms with Crippen LogP contribution in [-0.2, 0) is 16.0 Å². The SMILES string of the molecule is CCOC(=O)CCCc1cc(Cl)c(Cl)cc1C. The van der Waals surface area contributed by atoms with Crippen LogP contribution < -0.4 is 0 Å². The fourth-order valence-electron chi connectivity index (χ4n) is 1.61. The van der Waals surface area contributed by atoms with Crippen LogP contribution in [0.1, 0.15) is 30.9 Å². The van der Waals surface area contributed by atoms with Gasteiger partial charge in [-0.3, -0.25) is 4.79 Å². The van der Waals surface area contributed by atoms with Gasteiger partial charge in [0.2, 0.25) is 0 Å². The maximum atomic E-state index is 11.2. The number of benzene rings is 1. The average Bonchev–Trinajstić information content (AvgIpc) is 2.26. The second kappa shape index (κ2) is 6.87. The molecular weight excluding hydrogens is 259 g/mol. The summed E-state index contributed by atoms with van der Waals surface area (Å²) >= 11 is 11.9. The van der Waals surface area contributed by atoms with Crippen LogP contribution in [0.4, 0.5) is 0 Å². The van der Waals surface area contributed by atoms with Crippen molar-refractivity contribution < 1.29 is 9.53 Å². The molecule has 0 aromatic heterocycles. The van der Waals surface area contributed by atoms with Crippen LogP contribution >= 0.6 is 23.2 Å². The summed E-state index contributed by atoms with van der Waals surface area (Å²) < 4.78 is 4.87. The van der Waals surface area contributed by atoms with E-state index in [1.54, 1.807) is 6.92 Å². The van der Waals surface area contributed by atoms with Gasteiger partial charge in [0.25, 0.3) is 0 Å². The van der Waals surface area contributed by atoms with Crippen molar-refractivity contribution in [3.63, 3.8) is 0 Å². The Morgan fingerprint density at radius 3 is 2.59 bits per heavy atom. The van der Waals surface area contributed by atoms with Crippen molar-refractivity contribution in [3.05, 3.63) is 33.3 Å². The molecule has 4 heteroatoms. The van der Waals surface area contributed by atoms with Crippen LogP contribution in [0.25, 0.3) is 0 Å². The van der Waals surface area contributed by atoms with Gasteiger partial charge in [-0.15, -0.1) is 0 Å². The third-order valence-corrected chi connectivity index (χ3v) is 3.23. The molecule has 0 atom stereocenters. The maximum Gasteiger partial charge on any atom is 0.305 e. The zero-order valence-electron chi connectivity index (χ0n) is 10.1. The molecule has 17 heavy (non-hydrogen) atoms. The van der Waals surface area contributed by atoms with Gasteiger partial charge in [0.05, 0.1) is 16.7 Å². The topological polar surface area (TPSA) is 26.3 Å². The zero-order valence-corrected chi connectivity index (χ0v) is 11.6. The highest BCUT2D eigenvalue weighted by atomic mass is 35.5. The summed E-state index contributed by atoms with van der Waals surface area (Å²) in [6, 6.07) is 3.72. The molecule has 0 amide bonds. The molecule has 0 bridgehead atoms. The Morgan fingerprint density at radius 2 is 1.94 bits per heavy atom. The van der Waals surface area contributed by atoms with Crippen LogP contribution in [0, 0.1) is 6.92 Å². The normalized spacial score (nSPS) is 10.4. The third kappa shape index (κ3) is 4.57. The summed E-state index contributed by atoms with van der Waals surface area (Å²) in [6.07, 6.45) is 2.01. The Balaban J connectivity index is 2.52. The quantitative estimate of drug-likeness (QED) is 0.753. The molecule has 0 saturated heterocycles. The Hall–Kier alpha value is -0.730. The monoisotopic (exact) mass is 274 g/mol. The van der Waals surface area contributed by atoms with Crippen LogP contribution in [0.15, 0.2) is 12.1 Å². The first-order valence-corrected chi connectivity index (χ1v) is 6.40. The summed E-state index contributed by atoms with van der Waals surface area (Å²) in [7, 11) is 0. The first kappa shape index (κ1) is 14.3. The van der Waals surface area contributed by atoms with Gasteiger partial charge in [0.15, 0.2) is 0 Å². The minimum Gasteiger partial charge on any atom is -0.466 e. The van der Waals surface area contributed by atoms with E-state index < -0.39 is 0 Å². The van der Waals surface area contributed by atoms with E-state index in [1.807, 2.05) is 19.1 Å². The molecule has 2 nitrogen and oxygen atoms in total. The number of ether oxygens (including phenoxy) is 1. The molecular formula is C13H16Cl2O2. The van der Waals surface area contributed by atoms with Gasteiger partial charge in [-0.1, -0.05) is 23.2 Å². The third-order valence-electron chi connectivity index (χ3n) is 2.51. The lowest BCUT2D eigenvalue weighted by Crippen LogP contribution is -2.04. The number of hydrogen-bond acceptors (Lipinski definition) is 2. The predicted molar refractivity (Wildman–Crippen MR) is 70.8 cm³/mol. The Labute approximate surface area is 112 Å². The van der Waals surface area contributed by atoms with Crippen molar-refractivity contribution in [1.82, 2.24) is 0 Å². The average molecular weight is 275 g/mol. The fraction of sp³-hybridized carbons (Fsp3) is 0.462. The molecule has 0 fully saturated rings. The second-order valence-corrected chi connectivity index (χ2v) is 4.67. The van der Waals surface area contributed by atoms with Crippen molar-refractivity contribution in [2.45, 2.75) is 33.1 Å². The van der Waals surface area contributed by atoms with E-state index in [2.05, 4.69) is 0 Å². The molecule has 0 aliphatic heterocycles. The lowest BCUT2D eigenvalue weighted by molar-refractivity contribution is -0.143. The van der Waals surface area contributed by atoms with E-state index in [1.165, 1.54) is 0 Å². The number of esters is 1. The zero-order chi connectivity index (χ0) is 12.8. The van der Waals surface area contributed by atoms with Gasteiger partial charge in [-0.05, 0) is 49.9 Å². The molecule has 0 heterocycles. The van der Waals surface area contributed by atoms with Crippen LogP contribution in [0.5, 0.6) is 0 Å².